The lowest BCUT2D eigenvalue weighted by Gasteiger charge is -2.11. The molecule has 110 valence electrons. The summed E-state index contributed by atoms with van der Waals surface area (Å²) in [5.41, 5.74) is 0.408. The van der Waals surface area contributed by atoms with Crippen LogP contribution in [0.2, 0.25) is 0 Å². The summed E-state index contributed by atoms with van der Waals surface area (Å²) in [4.78, 5) is 32.0. The number of nitrogens with zero attached hydrogens (tertiary/aromatic N) is 4. The molecule has 0 N–H and O–H groups in total. The number of ether oxygens (including phenoxy) is 1. The minimum absolute atomic E-state index is 0.0513. The van der Waals surface area contributed by atoms with Crippen molar-refractivity contribution in [1.82, 2.24) is 19.7 Å². The molecule has 2 heterocycles. The number of hydrogen-bond donors (Lipinski definition) is 0. The first kappa shape index (κ1) is 14.8. The highest BCUT2D eigenvalue weighted by atomic mass is 16.5. The van der Waals surface area contributed by atoms with Gasteiger partial charge < -0.3 is 4.74 Å². The van der Waals surface area contributed by atoms with Crippen LogP contribution >= 0.6 is 0 Å². The van der Waals surface area contributed by atoms with Gasteiger partial charge in [0.05, 0.1) is 19.0 Å². The molecule has 7 nitrogen and oxygen atoms in total. The summed E-state index contributed by atoms with van der Waals surface area (Å²) >= 11 is 0. The summed E-state index contributed by atoms with van der Waals surface area (Å²) in [6.07, 6.45) is 6.07. The van der Waals surface area contributed by atoms with Gasteiger partial charge in [0.25, 0.3) is 0 Å². The summed E-state index contributed by atoms with van der Waals surface area (Å²) in [5.74, 6) is -0.778. The molecule has 2 aromatic heterocycles. The van der Waals surface area contributed by atoms with E-state index >= 15 is 0 Å². The quantitative estimate of drug-likeness (QED) is 0.789. The van der Waals surface area contributed by atoms with Gasteiger partial charge >= 0.3 is 5.97 Å². The minimum atomic E-state index is -0.726. The van der Waals surface area contributed by atoms with Crippen molar-refractivity contribution in [1.29, 1.82) is 0 Å². The Kier molecular flexibility index (Phi) is 4.42. The Morgan fingerprint density at radius 3 is 2.57 bits per heavy atom. The zero-order valence-electron chi connectivity index (χ0n) is 12.1. The van der Waals surface area contributed by atoms with Gasteiger partial charge in [0.15, 0.2) is 0 Å². The topological polar surface area (TPSA) is 87.0 Å². The van der Waals surface area contributed by atoms with Crippen LogP contribution in [0, 0.1) is 0 Å². The third-order valence-electron chi connectivity index (χ3n) is 2.85. The van der Waals surface area contributed by atoms with E-state index in [9.17, 15) is 9.59 Å². The average molecular weight is 288 g/mol. The zero-order chi connectivity index (χ0) is 15.4. The molecule has 21 heavy (non-hydrogen) atoms. The summed E-state index contributed by atoms with van der Waals surface area (Å²) in [5, 5.41) is 4.05. The van der Waals surface area contributed by atoms with E-state index in [1.165, 1.54) is 11.0 Å². The molecule has 2 aromatic rings. The number of carbonyl (C=O) groups excluding carboxylic acids is 1. The van der Waals surface area contributed by atoms with Crippen molar-refractivity contribution in [3.63, 3.8) is 0 Å². The largest absolute Gasteiger partial charge is 0.461 e. The molecule has 0 aliphatic carbocycles. The minimum Gasteiger partial charge on any atom is -0.461 e. The van der Waals surface area contributed by atoms with Gasteiger partial charge in [-0.15, -0.1) is 0 Å². The number of carbonyl (C=O) groups is 1. The van der Waals surface area contributed by atoms with E-state index in [1.54, 1.807) is 25.5 Å². The predicted molar refractivity (Wildman–Crippen MR) is 75.5 cm³/mol. The van der Waals surface area contributed by atoms with Crippen molar-refractivity contribution in [3.05, 3.63) is 46.4 Å². The smallest absolute Gasteiger partial charge is 0.362 e. The number of rotatable bonds is 4. The first-order chi connectivity index (χ1) is 10.0. The summed E-state index contributed by atoms with van der Waals surface area (Å²) in [6, 6.07) is 0. The Bertz CT molecular complexity index is 695. The molecule has 0 saturated carbocycles. The Morgan fingerprint density at radius 1 is 1.33 bits per heavy atom. The average Bonchev–Trinajstić information content (AvgIpc) is 2.48. The third kappa shape index (κ3) is 3.13. The maximum atomic E-state index is 12.3. The van der Waals surface area contributed by atoms with E-state index < -0.39 is 11.4 Å². The van der Waals surface area contributed by atoms with Gasteiger partial charge in [0.2, 0.25) is 11.1 Å². The summed E-state index contributed by atoms with van der Waals surface area (Å²) in [7, 11) is 0. The lowest BCUT2D eigenvalue weighted by Crippen LogP contribution is -2.27. The van der Waals surface area contributed by atoms with Gasteiger partial charge in [-0.1, -0.05) is 13.8 Å². The maximum Gasteiger partial charge on any atom is 0.362 e. The van der Waals surface area contributed by atoms with Crippen LogP contribution in [-0.4, -0.2) is 32.3 Å². The Labute approximate surface area is 121 Å². The lowest BCUT2D eigenvalue weighted by atomic mass is 10.0. The number of esters is 1. The molecule has 0 spiro atoms. The molecule has 0 unspecified atom stereocenters. The molecule has 0 amide bonds. The maximum absolute atomic E-state index is 12.3. The highest BCUT2D eigenvalue weighted by Crippen LogP contribution is 2.12. The Hall–Kier alpha value is -2.57. The van der Waals surface area contributed by atoms with E-state index in [-0.39, 0.29) is 18.2 Å². The zero-order valence-corrected chi connectivity index (χ0v) is 12.1. The van der Waals surface area contributed by atoms with Crippen LogP contribution in [0.25, 0.3) is 5.69 Å². The van der Waals surface area contributed by atoms with Gasteiger partial charge in [0, 0.05) is 11.8 Å². The normalized spacial score (nSPS) is 10.7. The molecule has 0 bridgehead atoms. The number of aromatic nitrogens is 4. The van der Waals surface area contributed by atoms with E-state index in [0.29, 0.717) is 11.3 Å². The first-order valence-corrected chi connectivity index (χ1v) is 6.61. The van der Waals surface area contributed by atoms with Crippen LogP contribution in [0.4, 0.5) is 0 Å². The molecule has 0 atom stereocenters. The van der Waals surface area contributed by atoms with Crippen LogP contribution in [0.1, 0.15) is 42.7 Å². The van der Waals surface area contributed by atoms with Crippen LogP contribution in [0.15, 0.2) is 29.7 Å². The fraction of sp³-hybridized carbons (Fsp3) is 0.357. The van der Waals surface area contributed by atoms with Gasteiger partial charge in [-0.2, -0.15) is 5.10 Å². The van der Waals surface area contributed by atoms with E-state index in [1.807, 2.05) is 13.8 Å². The molecule has 2 rings (SSSR count). The molecule has 0 aromatic carbocycles. The van der Waals surface area contributed by atoms with E-state index in [2.05, 4.69) is 15.1 Å². The molecular weight excluding hydrogens is 272 g/mol. The summed E-state index contributed by atoms with van der Waals surface area (Å²) in [6.45, 7) is 5.60. The van der Waals surface area contributed by atoms with Gasteiger partial charge in [-0.05, 0) is 12.8 Å². The fourth-order valence-corrected chi connectivity index (χ4v) is 1.80. The van der Waals surface area contributed by atoms with Gasteiger partial charge in [-0.3, -0.25) is 4.79 Å². The highest BCUT2D eigenvalue weighted by Gasteiger charge is 2.20. The molecule has 0 fully saturated rings. The van der Waals surface area contributed by atoms with Gasteiger partial charge in [0.1, 0.15) is 12.0 Å². The molecular formula is C14H16N4O3. The molecule has 0 aliphatic heterocycles. The van der Waals surface area contributed by atoms with Crippen molar-refractivity contribution in [2.45, 2.75) is 26.7 Å². The predicted octanol–water partition coefficient (Wildman–Crippen LogP) is 1.32. The van der Waals surface area contributed by atoms with Gasteiger partial charge in [-0.25, -0.2) is 19.4 Å². The first-order valence-electron chi connectivity index (χ1n) is 6.61. The van der Waals surface area contributed by atoms with Crippen LogP contribution in [0.5, 0.6) is 0 Å². The van der Waals surface area contributed by atoms with E-state index in [0.717, 1.165) is 0 Å². The second-order valence-corrected chi connectivity index (χ2v) is 4.68. The van der Waals surface area contributed by atoms with Crippen LogP contribution < -0.4 is 5.43 Å². The number of hydrogen-bond acceptors (Lipinski definition) is 6. The van der Waals surface area contributed by atoms with Crippen molar-refractivity contribution in [2.75, 3.05) is 6.61 Å². The third-order valence-corrected chi connectivity index (χ3v) is 2.85. The van der Waals surface area contributed by atoms with Crippen molar-refractivity contribution in [3.8, 4) is 5.69 Å². The lowest BCUT2D eigenvalue weighted by molar-refractivity contribution is 0.0515. The molecule has 7 heteroatoms. The Balaban J connectivity index is 2.63. The molecule has 0 saturated heterocycles. The summed E-state index contributed by atoms with van der Waals surface area (Å²) < 4.78 is 6.31. The standard InChI is InChI=1S/C14H16N4O3/c1-4-21-14(20)12-13(19)11(9(2)3)7-18(17-12)10-5-15-8-16-6-10/h5-9H,4H2,1-3H3. The SMILES string of the molecule is CCOC(=O)c1nn(-c2cncnc2)cc(C(C)C)c1=O. The highest BCUT2D eigenvalue weighted by molar-refractivity contribution is 5.87. The second kappa shape index (κ2) is 6.25. The molecule has 0 radical (unpaired) electrons. The fourth-order valence-electron chi connectivity index (χ4n) is 1.80. The second-order valence-electron chi connectivity index (χ2n) is 4.68. The van der Waals surface area contributed by atoms with Crippen LogP contribution in [-0.2, 0) is 4.74 Å². The van der Waals surface area contributed by atoms with Crippen LogP contribution in [0.3, 0.4) is 0 Å². The van der Waals surface area contributed by atoms with Crippen molar-refractivity contribution in [2.24, 2.45) is 0 Å². The van der Waals surface area contributed by atoms with Crippen molar-refractivity contribution < 1.29 is 9.53 Å². The van der Waals surface area contributed by atoms with Crippen molar-refractivity contribution >= 4 is 5.97 Å². The monoisotopic (exact) mass is 288 g/mol. The molecule has 0 aliphatic rings. The van der Waals surface area contributed by atoms with E-state index in [4.69, 9.17) is 4.74 Å². The Morgan fingerprint density at radius 2 is 2.00 bits per heavy atom.